The van der Waals surface area contributed by atoms with E-state index < -0.39 is 11.9 Å². The maximum atomic E-state index is 11.1. The monoisotopic (exact) mass is 355 g/mol. The number of carbonyl (C=O) groups is 2. The van der Waals surface area contributed by atoms with Crippen LogP contribution in [0.4, 0.5) is 0 Å². The molecule has 0 radical (unpaired) electrons. The van der Waals surface area contributed by atoms with Gasteiger partial charge < -0.3 is 14.6 Å². The summed E-state index contributed by atoms with van der Waals surface area (Å²) >= 11 is 0. The molecule has 0 unspecified atom stereocenters. The lowest BCUT2D eigenvalue weighted by Gasteiger charge is -2.26. The van der Waals surface area contributed by atoms with Gasteiger partial charge in [-0.2, -0.15) is 0 Å². The van der Waals surface area contributed by atoms with Crippen molar-refractivity contribution in [2.45, 2.75) is 57.8 Å². The van der Waals surface area contributed by atoms with Crippen LogP contribution in [0.2, 0.25) is 0 Å². The van der Waals surface area contributed by atoms with E-state index in [0.717, 1.165) is 57.7 Å². The molecule has 0 aliphatic carbocycles. The first-order chi connectivity index (χ1) is 12.2. The molecule has 0 amide bonds. The molecule has 1 saturated heterocycles. The first-order valence-electron chi connectivity index (χ1n) is 9.56. The van der Waals surface area contributed by atoms with E-state index in [0.29, 0.717) is 6.61 Å². The van der Waals surface area contributed by atoms with Gasteiger partial charge in [-0.25, -0.2) is 9.59 Å². The van der Waals surface area contributed by atoms with Gasteiger partial charge in [-0.05, 0) is 19.4 Å². The Morgan fingerprint density at radius 3 is 2.04 bits per heavy atom. The molecule has 0 bridgehead atoms. The standard InChI is InChI=1S/C19H33NO5/c21-18(22)10-11-19(23)25-15-9-7-5-3-1-2-4-6-8-12-20-13-16-24-17-14-20/h10-11H,1-9,12-17H2,(H,21,22). The van der Waals surface area contributed by atoms with Gasteiger partial charge in [-0.15, -0.1) is 0 Å². The second kappa shape index (κ2) is 14.9. The molecule has 1 aliphatic rings. The third-order valence-corrected chi connectivity index (χ3v) is 4.33. The number of ether oxygens (including phenoxy) is 2. The number of carboxylic acid groups (broad SMARTS) is 1. The first kappa shape index (κ1) is 21.6. The molecule has 0 spiro atoms. The average Bonchev–Trinajstić information content (AvgIpc) is 2.61. The topological polar surface area (TPSA) is 76.1 Å². The van der Waals surface area contributed by atoms with Gasteiger partial charge in [0, 0.05) is 25.2 Å². The molecule has 6 nitrogen and oxygen atoms in total. The first-order valence-corrected chi connectivity index (χ1v) is 9.56. The van der Waals surface area contributed by atoms with Crippen molar-refractivity contribution in [1.29, 1.82) is 0 Å². The Labute approximate surface area is 151 Å². The van der Waals surface area contributed by atoms with Gasteiger partial charge in [0.25, 0.3) is 0 Å². The van der Waals surface area contributed by atoms with E-state index >= 15 is 0 Å². The zero-order valence-corrected chi connectivity index (χ0v) is 15.3. The molecule has 0 atom stereocenters. The Morgan fingerprint density at radius 1 is 0.880 bits per heavy atom. The summed E-state index contributed by atoms with van der Waals surface area (Å²) in [5, 5.41) is 8.38. The van der Waals surface area contributed by atoms with Gasteiger partial charge in [0.15, 0.2) is 0 Å². The smallest absolute Gasteiger partial charge is 0.331 e. The fourth-order valence-electron chi connectivity index (χ4n) is 2.86. The third-order valence-electron chi connectivity index (χ3n) is 4.33. The number of morpholine rings is 1. The molecule has 0 saturated carbocycles. The Hall–Kier alpha value is -1.40. The quantitative estimate of drug-likeness (QED) is 0.293. The number of hydrogen-bond donors (Lipinski definition) is 1. The summed E-state index contributed by atoms with van der Waals surface area (Å²) in [6.07, 6.45) is 12.5. The number of nitrogens with zero attached hydrogens (tertiary/aromatic N) is 1. The molecule has 6 heteroatoms. The number of aliphatic carboxylic acids is 1. The summed E-state index contributed by atoms with van der Waals surface area (Å²) in [4.78, 5) is 23.9. The highest BCUT2D eigenvalue weighted by Crippen LogP contribution is 2.10. The highest BCUT2D eigenvalue weighted by molar-refractivity contribution is 5.90. The molecule has 0 aromatic heterocycles. The lowest BCUT2D eigenvalue weighted by Crippen LogP contribution is -2.36. The van der Waals surface area contributed by atoms with Crippen molar-refractivity contribution in [2.24, 2.45) is 0 Å². The van der Waals surface area contributed by atoms with E-state index in [1.165, 1.54) is 45.1 Å². The van der Waals surface area contributed by atoms with E-state index in [9.17, 15) is 9.59 Å². The number of hydrogen-bond acceptors (Lipinski definition) is 5. The Kier molecular flexibility index (Phi) is 12.9. The fourth-order valence-corrected chi connectivity index (χ4v) is 2.86. The predicted molar refractivity (Wildman–Crippen MR) is 96.5 cm³/mol. The van der Waals surface area contributed by atoms with Crippen molar-refractivity contribution >= 4 is 11.9 Å². The lowest BCUT2D eigenvalue weighted by molar-refractivity contribution is -0.138. The predicted octanol–water partition coefficient (Wildman–Crippen LogP) is 3.01. The Morgan fingerprint density at radius 2 is 1.44 bits per heavy atom. The Bertz CT molecular complexity index is 391. The number of unbranched alkanes of at least 4 members (excludes halogenated alkanes) is 8. The van der Waals surface area contributed by atoms with Crippen LogP contribution in [0.15, 0.2) is 12.2 Å². The van der Waals surface area contributed by atoms with Gasteiger partial charge in [0.2, 0.25) is 0 Å². The molecule has 1 aliphatic heterocycles. The maximum Gasteiger partial charge on any atom is 0.331 e. The molecule has 1 heterocycles. The second-order valence-corrected chi connectivity index (χ2v) is 6.48. The van der Waals surface area contributed by atoms with Crippen LogP contribution in [0.1, 0.15) is 57.8 Å². The summed E-state index contributed by atoms with van der Waals surface area (Å²) in [5.41, 5.74) is 0. The van der Waals surface area contributed by atoms with E-state index in [1.54, 1.807) is 0 Å². The van der Waals surface area contributed by atoms with Gasteiger partial charge in [-0.1, -0.05) is 44.9 Å². The number of carboxylic acids is 1. The molecule has 144 valence electrons. The van der Waals surface area contributed by atoms with Crippen LogP contribution in [0.5, 0.6) is 0 Å². The minimum absolute atomic E-state index is 0.365. The highest BCUT2D eigenvalue weighted by atomic mass is 16.5. The van der Waals surface area contributed by atoms with Crippen molar-refractivity contribution in [3.8, 4) is 0 Å². The van der Waals surface area contributed by atoms with E-state index in [4.69, 9.17) is 14.6 Å². The molecule has 25 heavy (non-hydrogen) atoms. The van der Waals surface area contributed by atoms with Crippen molar-refractivity contribution < 1.29 is 24.2 Å². The maximum absolute atomic E-state index is 11.1. The van der Waals surface area contributed by atoms with Crippen LogP contribution in [-0.2, 0) is 19.1 Å². The van der Waals surface area contributed by atoms with Crippen LogP contribution in [0.3, 0.4) is 0 Å². The average molecular weight is 355 g/mol. The molecule has 0 aromatic rings. The normalized spacial score (nSPS) is 15.5. The van der Waals surface area contributed by atoms with Gasteiger partial charge in [0.05, 0.1) is 19.8 Å². The minimum Gasteiger partial charge on any atom is -0.478 e. The summed E-state index contributed by atoms with van der Waals surface area (Å²) < 4.78 is 10.3. The molecule has 1 N–H and O–H groups in total. The van der Waals surface area contributed by atoms with Crippen LogP contribution >= 0.6 is 0 Å². The van der Waals surface area contributed by atoms with Crippen molar-refractivity contribution in [3.63, 3.8) is 0 Å². The van der Waals surface area contributed by atoms with E-state index in [1.807, 2.05) is 0 Å². The van der Waals surface area contributed by atoms with Crippen molar-refractivity contribution in [1.82, 2.24) is 4.90 Å². The zero-order chi connectivity index (χ0) is 18.2. The van der Waals surface area contributed by atoms with Crippen LogP contribution < -0.4 is 0 Å². The third kappa shape index (κ3) is 13.6. The summed E-state index contributed by atoms with van der Waals surface area (Å²) in [5.74, 6) is -1.72. The number of carbonyl (C=O) groups excluding carboxylic acids is 1. The van der Waals surface area contributed by atoms with Gasteiger partial charge in [0.1, 0.15) is 0 Å². The fraction of sp³-hybridized carbons (Fsp3) is 0.789. The molecular weight excluding hydrogens is 322 g/mol. The van der Waals surface area contributed by atoms with Crippen LogP contribution in [0.25, 0.3) is 0 Å². The summed E-state index contributed by atoms with van der Waals surface area (Å²) in [6.45, 7) is 5.53. The zero-order valence-electron chi connectivity index (χ0n) is 15.3. The van der Waals surface area contributed by atoms with E-state index in [2.05, 4.69) is 4.90 Å². The molecule has 0 aromatic carbocycles. The van der Waals surface area contributed by atoms with Crippen LogP contribution in [0, 0.1) is 0 Å². The summed E-state index contributed by atoms with van der Waals surface area (Å²) in [6, 6.07) is 0. The largest absolute Gasteiger partial charge is 0.478 e. The summed E-state index contributed by atoms with van der Waals surface area (Å²) in [7, 11) is 0. The lowest BCUT2D eigenvalue weighted by atomic mass is 10.1. The van der Waals surface area contributed by atoms with Crippen molar-refractivity contribution in [2.75, 3.05) is 39.5 Å². The molecular formula is C19H33NO5. The second-order valence-electron chi connectivity index (χ2n) is 6.48. The molecule has 1 fully saturated rings. The van der Waals surface area contributed by atoms with Gasteiger partial charge in [-0.3, -0.25) is 4.90 Å². The van der Waals surface area contributed by atoms with Gasteiger partial charge >= 0.3 is 11.9 Å². The molecule has 1 rings (SSSR count). The van der Waals surface area contributed by atoms with Crippen LogP contribution in [-0.4, -0.2) is 61.4 Å². The van der Waals surface area contributed by atoms with E-state index in [-0.39, 0.29) is 0 Å². The highest BCUT2D eigenvalue weighted by Gasteiger charge is 2.08. The minimum atomic E-state index is -1.14. The number of rotatable bonds is 14. The van der Waals surface area contributed by atoms with Crippen molar-refractivity contribution in [3.05, 3.63) is 12.2 Å². The number of esters is 1. The Balaban J connectivity index is 1.77. The SMILES string of the molecule is O=C(O)C=CC(=O)OCCCCCCCCCCCN1CCOCC1.